The van der Waals surface area contributed by atoms with Crippen molar-refractivity contribution in [1.29, 1.82) is 0 Å². The second-order valence-corrected chi connectivity index (χ2v) is 7.63. The number of aryl methyl sites for hydroxylation is 1. The van der Waals surface area contributed by atoms with Crippen LogP contribution in [-0.2, 0) is 10.0 Å². The van der Waals surface area contributed by atoms with Crippen LogP contribution in [-0.4, -0.2) is 18.0 Å². The summed E-state index contributed by atoms with van der Waals surface area (Å²) in [5.74, 6) is -0.618. The molecule has 2 aromatic carbocycles. The maximum Gasteiger partial charge on any atom is 0.262 e. The lowest BCUT2D eigenvalue weighted by Crippen LogP contribution is -2.14. The molecule has 0 spiro atoms. The normalized spacial score (nSPS) is 11.5. The molecule has 25 heavy (non-hydrogen) atoms. The van der Waals surface area contributed by atoms with Crippen LogP contribution < -0.4 is 4.72 Å². The molecule has 3 rings (SSSR count). The summed E-state index contributed by atoms with van der Waals surface area (Å²) in [6, 6.07) is 10.0. The van der Waals surface area contributed by atoms with Crippen LogP contribution >= 0.6 is 23.2 Å². The summed E-state index contributed by atoms with van der Waals surface area (Å²) < 4.78 is 42.3. The maximum atomic E-state index is 13.4. The maximum absolute atomic E-state index is 13.4. The fourth-order valence-corrected chi connectivity index (χ4v) is 3.90. The van der Waals surface area contributed by atoms with E-state index in [1.54, 1.807) is 35.8 Å². The van der Waals surface area contributed by atoms with Crippen LogP contribution in [0.2, 0.25) is 10.3 Å². The van der Waals surface area contributed by atoms with Gasteiger partial charge in [0, 0.05) is 11.4 Å². The Balaban J connectivity index is 1.88. The average Bonchev–Trinajstić information content (AvgIpc) is 2.90. The lowest BCUT2D eigenvalue weighted by Gasteiger charge is -2.11. The van der Waals surface area contributed by atoms with Crippen LogP contribution in [0.1, 0.15) is 5.56 Å². The third kappa shape index (κ3) is 3.63. The van der Waals surface area contributed by atoms with Crippen LogP contribution in [0, 0.1) is 12.7 Å². The van der Waals surface area contributed by atoms with E-state index >= 15 is 0 Å². The Labute approximate surface area is 154 Å². The first kappa shape index (κ1) is 17.7. The van der Waals surface area contributed by atoms with E-state index < -0.39 is 15.8 Å². The van der Waals surface area contributed by atoms with Crippen molar-refractivity contribution in [2.24, 2.45) is 0 Å². The van der Waals surface area contributed by atoms with Gasteiger partial charge in [-0.3, -0.25) is 9.29 Å². The summed E-state index contributed by atoms with van der Waals surface area (Å²) in [5.41, 5.74) is 1.44. The number of aromatic nitrogens is 2. The molecular weight excluding hydrogens is 388 g/mol. The molecule has 0 atom stereocenters. The summed E-state index contributed by atoms with van der Waals surface area (Å²) in [7, 11) is -3.90. The van der Waals surface area contributed by atoms with Crippen LogP contribution in [0.3, 0.4) is 0 Å². The van der Waals surface area contributed by atoms with Gasteiger partial charge in [0.15, 0.2) is 10.3 Å². The van der Waals surface area contributed by atoms with Crippen LogP contribution in [0.25, 0.3) is 5.69 Å². The molecule has 0 aliphatic carbocycles. The van der Waals surface area contributed by atoms with Gasteiger partial charge in [-0.25, -0.2) is 17.8 Å². The zero-order valence-electron chi connectivity index (χ0n) is 12.9. The second kappa shape index (κ2) is 6.67. The Bertz CT molecular complexity index is 1030. The van der Waals surface area contributed by atoms with Gasteiger partial charge >= 0.3 is 0 Å². The van der Waals surface area contributed by atoms with Crippen molar-refractivity contribution in [3.63, 3.8) is 0 Å². The van der Waals surface area contributed by atoms with Crippen molar-refractivity contribution in [2.75, 3.05) is 4.72 Å². The van der Waals surface area contributed by atoms with Gasteiger partial charge in [0.05, 0.1) is 4.90 Å². The topological polar surface area (TPSA) is 64.0 Å². The largest absolute Gasteiger partial charge is 0.288 e. The Morgan fingerprint density at radius 1 is 1.12 bits per heavy atom. The first-order valence-electron chi connectivity index (χ1n) is 7.06. The van der Waals surface area contributed by atoms with Crippen molar-refractivity contribution < 1.29 is 12.8 Å². The van der Waals surface area contributed by atoms with Crippen LogP contribution in [0.15, 0.2) is 53.7 Å². The predicted molar refractivity (Wildman–Crippen MR) is 95.5 cm³/mol. The molecule has 0 unspecified atom stereocenters. The number of halogens is 3. The molecule has 9 heteroatoms. The number of rotatable bonds is 4. The van der Waals surface area contributed by atoms with Gasteiger partial charge < -0.3 is 0 Å². The van der Waals surface area contributed by atoms with Crippen molar-refractivity contribution in [3.05, 3.63) is 70.5 Å². The predicted octanol–water partition coefficient (Wildman–Crippen LogP) is 4.43. The molecule has 0 radical (unpaired) electrons. The van der Waals surface area contributed by atoms with E-state index in [2.05, 4.69) is 9.71 Å². The third-order valence-corrected chi connectivity index (χ3v) is 5.76. The summed E-state index contributed by atoms with van der Waals surface area (Å²) >= 11 is 11.8. The van der Waals surface area contributed by atoms with E-state index in [1.807, 2.05) is 0 Å². The Morgan fingerprint density at radius 3 is 2.40 bits per heavy atom. The highest BCUT2D eigenvalue weighted by Crippen LogP contribution is 2.25. The first-order valence-corrected chi connectivity index (χ1v) is 9.29. The van der Waals surface area contributed by atoms with Crippen molar-refractivity contribution >= 4 is 38.9 Å². The molecule has 1 aromatic heterocycles. The summed E-state index contributed by atoms with van der Waals surface area (Å²) in [4.78, 5) is 3.77. The van der Waals surface area contributed by atoms with Crippen molar-refractivity contribution in [1.82, 2.24) is 9.55 Å². The lowest BCUT2D eigenvalue weighted by molar-refractivity contribution is 0.594. The summed E-state index contributed by atoms with van der Waals surface area (Å²) in [6.07, 6.45) is 1.46. The van der Waals surface area contributed by atoms with E-state index in [4.69, 9.17) is 23.2 Å². The monoisotopic (exact) mass is 399 g/mol. The fraction of sp³-hybridized carbons (Fsp3) is 0.0625. The number of nitrogens with one attached hydrogen (secondary N) is 1. The van der Waals surface area contributed by atoms with Crippen LogP contribution in [0.5, 0.6) is 0 Å². The van der Waals surface area contributed by atoms with Crippen molar-refractivity contribution in [3.8, 4) is 5.69 Å². The summed E-state index contributed by atoms with van der Waals surface area (Å²) in [5, 5.41) is 0.429. The highest BCUT2D eigenvalue weighted by atomic mass is 35.5. The third-order valence-electron chi connectivity index (χ3n) is 3.51. The number of hydrogen-bond acceptors (Lipinski definition) is 3. The molecule has 0 aliphatic rings. The zero-order valence-corrected chi connectivity index (χ0v) is 15.2. The first-order chi connectivity index (χ1) is 11.8. The van der Waals surface area contributed by atoms with E-state index in [0.717, 1.165) is 6.07 Å². The Hall–Kier alpha value is -2.09. The number of anilines is 1. The molecule has 0 saturated carbocycles. The zero-order chi connectivity index (χ0) is 18.2. The molecule has 0 amide bonds. The number of benzene rings is 2. The molecule has 0 bridgehead atoms. The molecule has 3 aromatic rings. The fourth-order valence-electron chi connectivity index (χ4n) is 2.26. The van der Waals surface area contributed by atoms with Gasteiger partial charge in [-0.2, -0.15) is 0 Å². The van der Waals surface area contributed by atoms with Gasteiger partial charge in [-0.1, -0.05) is 29.3 Å². The quantitative estimate of drug-likeness (QED) is 0.705. The molecule has 0 saturated heterocycles. The summed E-state index contributed by atoms with van der Waals surface area (Å²) in [6.45, 7) is 1.60. The average molecular weight is 400 g/mol. The highest BCUT2D eigenvalue weighted by Gasteiger charge is 2.18. The number of nitrogens with zero attached hydrogens (tertiary/aromatic N) is 2. The highest BCUT2D eigenvalue weighted by molar-refractivity contribution is 7.92. The molecule has 5 nitrogen and oxygen atoms in total. The molecule has 0 aliphatic heterocycles. The number of imidazole rings is 1. The Morgan fingerprint density at radius 2 is 1.80 bits per heavy atom. The minimum Gasteiger partial charge on any atom is -0.288 e. The molecule has 0 fully saturated rings. The van der Waals surface area contributed by atoms with Gasteiger partial charge in [0.25, 0.3) is 10.0 Å². The lowest BCUT2D eigenvalue weighted by atomic mass is 10.2. The van der Waals surface area contributed by atoms with Gasteiger partial charge in [-0.15, -0.1) is 0 Å². The van der Waals surface area contributed by atoms with Gasteiger partial charge in [0.1, 0.15) is 12.1 Å². The smallest absolute Gasteiger partial charge is 0.262 e. The second-order valence-electron chi connectivity index (χ2n) is 5.26. The minimum absolute atomic E-state index is 0.110. The molecular formula is C16H12Cl2FN3O2S. The number of hydrogen-bond donors (Lipinski definition) is 1. The molecule has 1 heterocycles. The van der Waals surface area contributed by atoms with E-state index in [9.17, 15) is 12.8 Å². The molecule has 130 valence electrons. The van der Waals surface area contributed by atoms with Gasteiger partial charge in [-0.05, 0) is 48.9 Å². The standard InChI is InChI=1S/C16H12Cl2FN3O2S/c1-10-2-3-11(19)8-14(10)25(23,24)21-12-4-6-13(7-5-12)22-9-20-15(17)16(22)18/h2-9,21H,1H3. The number of sulfonamides is 1. The molecule has 1 N–H and O–H groups in total. The van der Waals surface area contributed by atoms with E-state index in [1.165, 1.54) is 18.5 Å². The van der Waals surface area contributed by atoms with Crippen molar-refractivity contribution in [2.45, 2.75) is 11.8 Å². The van der Waals surface area contributed by atoms with Crippen LogP contribution in [0.4, 0.5) is 10.1 Å². The SMILES string of the molecule is Cc1ccc(F)cc1S(=O)(=O)Nc1ccc(-n2cnc(Cl)c2Cl)cc1. The van der Waals surface area contributed by atoms with E-state index in [-0.39, 0.29) is 15.2 Å². The van der Waals surface area contributed by atoms with Gasteiger partial charge in [0.2, 0.25) is 0 Å². The Kier molecular flexibility index (Phi) is 4.73. The van der Waals surface area contributed by atoms with E-state index in [0.29, 0.717) is 16.9 Å². The minimum atomic E-state index is -3.90.